The summed E-state index contributed by atoms with van der Waals surface area (Å²) < 4.78 is 96.1. The molecule has 59 heavy (non-hydrogen) atoms. The van der Waals surface area contributed by atoms with Gasteiger partial charge in [-0.3, -0.25) is 19.2 Å². The van der Waals surface area contributed by atoms with Gasteiger partial charge in [0, 0.05) is 31.4 Å². The SMILES string of the molecule is CC[C@@H]1C[C@]1(CC(=O)[C@@H]1C[C@@H](Oc2cc(OCCOC)nc3c(Cl)cccc23)CN1C(=O)[C@@H](CC(=O)OC(C)(C)C(F)(F)F)C(C)(C)C)C(=O)NS(=O)(=O)OC1(C)CC1. The van der Waals surface area contributed by atoms with Gasteiger partial charge in [-0.1, -0.05) is 51.8 Å². The molecule has 2 aromatic rings. The highest BCUT2D eigenvalue weighted by atomic mass is 35.5. The smallest absolute Gasteiger partial charge is 0.427 e. The summed E-state index contributed by atoms with van der Waals surface area (Å²) in [5.41, 5.74) is -5.83. The second kappa shape index (κ2) is 17.0. The fourth-order valence-corrected chi connectivity index (χ4v) is 8.75. The molecule has 1 aromatic heterocycles. The first-order valence-electron chi connectivity index (χ1n) is 19.5. The molecule has 5 rings (SSSR count). The number of rotatable bonds is 18. The normalized spacial score (nSPS) is 23.4. The van der Waals surface area contributed by atoms with Crippen molar-refractivity contribution < 1.29 is 63.9 Å². The fourth-order valence-electron chi connectivity index (χ4n) is 7.37. The molecule has 3 fully saturated rings. The minimum absolute atomic E-state index is 0.0918. The summed E-state index contributed by atoms with van der Waals surface area (Å²) in [6.45, 7) is 9.94. The molecule has 2 aliphatic carbocycles. The van der Waals surface area contributed by atoms with Crippen LogP contribution in [0.3, 0.4) is 0 Å². The summed E-state index contributed by atoms with van der Waals surface area (Å²) >= 11 is 6.51. The van der Waals surface area contributed by atoms with Gasteiger partial charge in [-0.05, 0) is 63.5 Å². The van der Waals surface area contributed by atoms with Crippen LogP contribution in [0.5, 0.6) is 11.6 Å². The highest BCUT2D eigenvalue weighted by molar-refractivity contribution is 7.85. The molecule has 2 saturated carbocycles. The second-order valence-electron chi connectivity index (χ2n) is 17.5. The molecule has 0 spiro atoms. The molecule has 3 aliphatic rings. The van der Waals surface area contributed by atoms with Crippen LogP contribution in [-0.2, 0) is 43.1 Å². The predicted octanol–water partition coefficient (Wildman–Crippen LogP) is 6.50. The van der Waals surface area contributed by atoms with Gasteiger partial charge in [-0.2, -0.15) is 21.6 Å². The monoisotopic (exact) mass is 875 g/mol. The number of hydrogen-bond acceptors (Lipinski definition) is 12. The first-order chi connectivity index (χ1) is 27.2. The van der Waals surface area contributed by atoms with Crippen molar-refractivity contribution in [3.63, 3.8) is 0 Å². The number of carbonyl (C=O) groups excluding carboxylic acids is 4. The van der Waals surface area contributed by atoms with Crippen molar-refractivity contribution in [2.75, 3.05) is 26.9 Å². The van der Waals surface area contributed by atoms with E-state index in [9.17, 15) is 40.8 Å². The topological polar surface area (TPSA) is 177 Å². The molecule has 19 heteroatoms. The third kappa shape index (κ3) is 10.8. The summed E-state index contributed by atoms with van der Waals surface area (Å²) in [7, 11) is -3.00. The highest BCUT2D eigenvalue weighted by Crippen LogP contribution is 2.58. The van der Waals surface area contributed by atoms with Gasteiger partial charge < -0.3 is 23.8 Å². The molecule has 0 unspecified atom stereocenters. The lowest BCUT2D eigenvalue weighted by Crippen LogP contribution is -2.49. The quantitative estimate of drug-likeness (QED) is 0.127. The van der Waals surface area contributed by atoms with E-state index in [1.54, 1.807) is 52.8 Å². The lowest BCUT2D eigenvalue weighted by atomic mass is 9.77. The number of ether oxygens (including phenoxy) is 4. The van der Waals surface area contributed by atoms with E-state index in [1.165, 1.54) is 18.1 Å². The summed E-state index contributed by atoms with van der Waals surface area (Å²) in [6.07, 6.45) is -5.37. The number of benzene rings is 1. The molecule has 0 radical (unpaired) electrons. The van der Waals surface area contributed by atoms with E-state index in [4.69, 9.17) is 34.7 Å². The molecule has 14 nitrogen and oxygen atoms in total. The molecule has 1 aliphatic heterocycles. The number of para-hydroxylation sites is 1. The van der Waals surface area contributed by atoms with Gasteiger partial charge in [0.05, 0.1) is 53.1 Å². The zero-order valence-electron chi connectivity index (χ0n) is 34.5. The zero-order chi connectivity index (χ0) is 43.9. The number of amides is 2. The van der Waals surface area contributed by atoms with E-state index in [1.807, 2.05) is 4.72 Å². The average Bonchev–Trinajstić information content (AvgIpc) is 3.98. The fraction of sp³-hybridized carbons (Fsp3) is 0.675. The van der Waals surface area contributed by atoms with Crippen LogP contribution in [0, 0.1) is 22.7 Å². The molecule has 0 bridgehead atoms. The van der Waals surface area contributed by atoms with Crippen LogP contribution in [0.2, 0.25) is 5.02 Å². The number of ketones is 1. The standard InChI is InChI=1S/C40H53ClF3N3O11S/c1-9-23-20-39(23,35(51)46-59(52,53)58-38(7)13-14-38)21-29(48)28-17-24(56-30-19-31(55-16-15-54-8)45-33-25(30)11-10-12-27(33)41)22-47(28)34(50)26(36(2,3)4)18-32(49)57-37(5,6)40(42,43)44/h10-12,19,23-24,26,28H,9,13-18,20-22H2,1-8H3,(H,46,51)/t23-,24-,26-,28+,39-/m1/s1. The van der Waals surface area contributed by atoms with E-state index >= 15 is 0 Å². The number of methoxy groups -OCH3 is 1. The van der Waals surface area contributed by atoms with Crippen LogP contribution in [-0.4, -0.2) is 98.3 Å². The van der Waals surface area contributed by atoms with Crippen molar-refractivity contribution in [1.82, 2.24) is 14.6 Å². The van der Waals surface area contributed by atoms with E-state index in [0.29, 0.717) is 49.0 Å². The Morgan fingerprint density at radius 3 is 2.34 bits per heavy atom. The summed E-state index contributed by atoms with van der Waals surface area (Å²) in [6, 6.07) is 5.33. The summed E-state index contributed by atoms with van der Waals surface area (Å²) in [4.78, 5) is 61.8. The van der Waals surface area contributed by atoms with Crippen molar-refractivity contribution in [2.45, 2.75) is 123 Å². The van der Waals surface area contributed by atoms with Gasteiger partial charge in [0.15, 0.2) is 5.78 Å². The maximum atomic E-state index is 14.7. The molecule has 328 valence electrons. The van der Waals surface area contributed by atoms with E-state index in [2.05, 4.69) is 4.98 Å². The third-order valence-corrected chi connectivity index (χ3v) is 12.8. The number of nitrogens with one attached hydrogen (secondary N) is 1. The molecule has 2 heterocycles. The molecule has 1 aromatic carbocycles. The number of carbonyl (C=O) groups is 4. The summed E-state index contributed by atoms with van der Waals surface area (Å²) in [5, 5.41) is 0.793. The van der Waals surface area contributed by atoms with E-state index in [-0.39, 0.29) is 50.1 Å². The molecule has 1 saturated heterocycles. The number of hydrogen-bond donors (Lipinski definition) is 1. The second-order valence-corrected chi connectivity index (χ2v) is 19.2. The zero-order valence-corrected chi connectivity index (χ0v) is 36.1. The van der Waals surface area contributed by atoms with Gasteiger partial charge in [0.1, 0.15) is 18.5 Å². The van der Waals surface area contributed by atoms with Gasteiger partial charge in [0.2, 0.25) is 23.3 Å². The van der Waals surface area contributed by atoms with Crippen LogP contribution >= 0.6 is 11.6 Å². The number of nitrogens with zero attached hydrogens (tertiary/aromatic N) is 2. The van der Waals surface area contributed by atoms with Crippen molar-refractivity contribution in [3.8, 4) is 11.6 Å². The first-order valence-corrected chi connectivity index (χ1v) is 21.3. The minimum atomic E-state index is -4.89. The Balaban J connectivity index is 1.47. The Bertz CT molecular complexity index is 2060. The Morgan fingerprint density at radius 1 is 1.08 bits per heavy atom. The van der Waals surface area contributed by atoms with Gasteiger partial charge >= 0.3 is 22.4 Å². The maximum Gasteiger partial charge on any atom is 0.427 e. The molecular weight excluding hydrogens is 823 g/mol. The van der Waals surface area contributed by atoms with Crippen LogP contribution in [0.25, 0.3) is 10.9 Å². The van der Waals surface area contributed by atoms with Crippen molar-refractivity contribution in [2.24, 2.45) is 22.7 Å². The van der Waals surface area contributed by atoms with Crippen LogP contribution in [0.15, 0.2) is 24.3 Å². The largest absolute Gasteiger partial charge is 0.488 e. The van der Waals surface area contributed by atoms with Crippen molar-refractivity contribution in [3.05, 3.63) is 29.3 Å². The number of aromatic nitrogens is 1. The lowest BCUT2D eigenvalue weighted by molar-refractivity contribution is -0.257. The molecule has 2 amide bonds. The number of fused-ring (bicyclic) bond motifs is 1. The van der Waals surface area contributed by atoms with E-state index in [0.717, 1.165) is 0 Å². The number of Topliss-reactive ketones (excluding diaryl/α,β-unsaturated/α-hetero) is 1. The lowest BCUT2D eigenvalue weighted by Gasteiger charge is -2.35. The Morgan fingerprint density at radius 2 is 1.76 bits per heavy atom. The van der Waals surface area contributed by atoms with Gasteiger partial charge in [0.25, 0.3) is 0 Å². The molecule has 5 atom stereocenters. The molecule has 1 N–H and O–H groups in total. The van der Waals surface area contributed by atoms with E-state index < -0.39 is 93.0 Å². The minimum Gasteiger partial charge on any atom is -0.488 e. The van der Waals surface area contributed by atoms with Gasteiger partial charge in [-0.15, -0.1) is 0 Å². The number of alkyl halides is 3. The van der Waals surface area contributed by atoms with Crippen LogP contribution < -0.4 is 14.2 Å². The van der Waals surface area contributed by atoms with Crippen molar-refractivity contribution >= 4 is 56.4 Å². The van der Waals surface area contributed by atoms with Crippen molar-refractivity contribution in [1.29, 1.82) is 0 Å². The number of likely N-dealkylation sites (tertiary alicyclic amines) is 1. The number of pyridine rings is 1. The van der Waals surface area contributed by atoms with Gasteiger partial charge in [-0.25, -0.2) is 13.9 Å². The Kier molecular flexibility index (Phi) is 13.3. The maximum absolute atomic E-state index is 14.7. The van der Waals surface area contributed by atoms with Crippen LogP contribution in [0.1, 0.15) is 93.4 Å². The number of esters is 1. The Labute approximate surface area is 347 Å². The third-order valence-electron chi connectivity index (χ3n) is 11.4. The summed E-state index contributed by atoms with van der Waals surface area (Å²) in [5.74, 6) is -4.64. The number of halogens is 4. The molecular formula is C40H53ClF3N3O11S. The Hall–Kier alpha value is -3.74. The van der Waals surface area contributed by atoms with Crippen LogP contribution in [0.4, 0.5) is 13.2 Å². The average molecular weight is 876 g/mol. The highest BCUT2D eigenvalue weighted by Gasteiger charge is 2.62. The predicted molar refractivity (Wildman–Crippen MR) is 209 cm³/mol. The first kappa shape index (κ1) is 46.3.